The van der Waals surface area contributed by atoms with Gasteiger partial charge >= 0.3 is 5.97 Å². The number of benzene rings is 3. The predicted octanol–water partition coefficient (Wildman–Crippen LogP) is 3.86. The number of aliphatic carboxylic acids is 1. The fraction of sp³-hybridized carbons (Fsp3) is 0.200. The molecule has 0 aromatic heterocycles. The Morgan fingerprint density at radius 1 is 0.903 bits per heavy atom. The number of carboxylic acids is 1. The number of rotatable bonds is 9. The van der Waals surface area contributed by atoms with E-state index in [0.29, 0.717) is 5.56 Å². The van der Waals surface area contributed by atoms with Crippen molar-refractivity contribution >= 4 is 11.9 Å². The van der Waals surface area contributed by atoms with Crippen molar-refractivity contribution in [2.45, 2.75) is 18.6 Å². The summed E-state index contributed by atoms with van der Waals surface area (Å²) in [6, 6.07) is 23.1. The normalized spacial score (nSPS) is 12.6. The molecule has 0 saturated carbocycles. The Kier molecular flexibility index (Phi) is 7.40. The Balaban J connectivity index is 1.73. The topological polar surface area (TPSA) is 84.9 Å². The quantitative estimate of drug-likeness (QED) is 0.550. The van der Waals surface area contributed by atoms with E-state index < -0.39 is 24.0 Å². The van der Waals surface area contributed by atoms with Crippen LogP contribution in [0.3, 0.4) is 0 Å². The van der Waals surface area contributed by atoms with Crippen LogP contribution in [0.1, 0.15) is 17.2 Å². The predicted molar refractivity (Wildman–Crippen MR) is 118 cm³/mol. The van der Waals surface area contributed by atoms with Gasteiger partial charge in [-0.3, -0.25) is 4.79 Å². The average Bonchev–Trinajstić information content (AvgIpc) is 2.80. The summed E-state index contributed by atoms with van der Waals surface area (Å²) in [5.41, 5.74) is 3.36. The second-order valence-electron chi connectivity index (χ2n) is 7.03. The number of carbonyl (C=O) groups excluding carboxylic acids is 1. The summed E-state index contributed by atoms with van der Waals surface area (Å²) in [6.45, 7) is 0. The van der Waals surface area contributed by atoms with E-state index in [1.54, 1.807) is 31.4 Å². The van der Waals surface area contributed by atoms with Crippen LogP contribution in [0.2, 0.25) is 0 Å². The molecule has 0 aliphatic carbocycles. The first-order valence-electron chi connectivity index (χ1n) is 9.86. The van der Waals surface area contributed by atoms with E-state index >= 15 is 0 Å². The zero-order valence-corrected chi connectivity index (χ0v) is 17.4. The van der Waals surface area contributed by atoms with Crippen molar-refractivity contribution in [1.82, 2.24) is 5.32 Å². The molecule has 0 fully saturated rings. The minimum absolute atomic E-state index is 0.151. The Morgan fingerprint density at radius 2 is 1.55 bits per heavy atom. The molecule has 0 bridgehead atoms. The van der Waals surface area contributed by atoms with Gasteiger partial charge in [0.25, 0.3) is 5.91 Å². The molecule has 1 unspecified atom stereocenters. The van der Waals surface area contributed by atoms with Crippen molar-refractivity contribution in [2.24, 2.45) is 0 Å². The molecule has 6 nitrogen and oxygen atoms in total. The third-order valence-corrected chi connectivity index (χ3v) is 5.00. The van der Waals surface area contributed by atoms with E-state index in [2.05, 4.69) is 5.32 Å². The van der Waals surface area contributed by atoms with Gasteiger partial charge in [-0.05, 0) is 22.8 Å². The van der Waals surface area contributed by atoms with Gasteiger partial charge in [-0.25, -0.2) is 4.79 Å². The number of hydrogen-bond donors (Lipinski definition) is 2. The van der Waals surface area contributed by atoms with Crippen LogP contribution in [0.25, 0.3) is 11.1 Å². The first-order valence-corrected chi connectivity index (χ1v) is 9.86. The van der Waals surface area contributed by atoms with Crippen LogP contribution in [-0.4, -0.2) is 37.2 Å². The maximum atomic E-state index is 12.7. The van der Waals surface area contributed by atoms with Gasteiger partial charge in [0.2, 0.25) is 0 Å². The number of methoxy groups -OCH3 is 2. The SMILES string of the molecule is COc1ccccc1-c1ccc(C[C@H](NC(=O)C(OC)c2ccccc2)C(=O)O)cc1. The Labute approximate surface area is 181 Å². The standard InChI is InChI=1S/C25H25NO5/c1-30-22-11-7-6-10-20(22)18-14-12-17(13-15-18)16-21(25(28)29)26-24(27)23(31-2)19-8-4-3-5-9-19/h3-15,21,23H,16H2,1-2H3,(H,26,27)(H,28,29)/t21-,23?/m0/s1. The Hall–Kier alpha value is -3.64. The summed E-state index contributed by atoms with van der Waals surface area (Å²) in [5, 5.41) is 12.2. The maximum absolute atomic E-state index is 12.7. The zero-order chi connectivity index (χ0) is 22.2. The van der Waals surface area contributed by atoms with E-state index in [1.807, 2.05) is 54.6 Å². The lowest BCUT2D eigenvalue weighted by atomic mass is 9.99. The van der Waals surface area contributed by atoms with Crippen LogP contribution in [0.15, 0.2) is 78.9 Å². The summed E-state index contributed by atoms with van der Waals surface area (Å²) < 4.78 is 10.7. The van der Waals surface area contributed by atoms with E-state index in [0.717, 1.165) is 22.4 Å². The maximum Gasteiger partial charge on any atom is 0.326 e. The van der Waals surface area contributed by atoms with Crippen molar-refractivity contribution in [3.8, 4) is 16.9 Å². The molecule has 2 atom stereocenters. The highest BCUT2D eigenvalue weighted by Gasteiger charge is 2.26. The van der Waals surface area contributed by atoms with Gasteiger partial charge in [0.1, 0.15) is 11.8 Å². The number of ether oxygens (including phenoxy) is 2. The van der Waals surface area contributed by atoms with E-state index in [1.165, 1.54) is 7.11 Å². The van der Waals surface area contributed by atoms with Gasteiger partial charge < -0.3 is 19.9 Å². The number of para-hydroxylation sites is 1. The average molecular weight is 419 g/mol. The second-order valence-corrected chi connectivity index (χ2v) is 7.03. The Bertz CT molecular complexity index is 1020. The first-order chi connectivity index (χ1) is 15.0. The van der Waals surface area contributed by atoms with Crippen LogP contribution in [-0.2, 0) is 20.7 Å². The van der Waals surface area contributed by atoms with Crippen molar-refractivity contribution in [2.75, 3.05) is 14.2 Å². The summed E-state index contributed by atoms with van der Waals surface area (Å²) >= 11 is 0. The first kappa shape index (κ1) is 22.1. The van der Waals surface area contributed by atoms with Crippen LogP contribution >= 0.6 is 0 Å². The number of nitrogens with one attached hydrogen (secondary N) is 1. The van der Waals surface area contributed by atoms with E-state index in [-0.39, 0.29) is 6.42 Å². The molecule has 0 aliphatic rings. The Morgan fingerprint density at radius 3 is 2.16 bits per heavy atom. The van der Waals surface area contributed by atoms with Gasteiger partial charge in [-0.2, -0.15) is 0 Å². The fourth-order valence-electron chi connectivity index (χ4n) is 3.41. The lowest BCUT2D eigenvalue weighted by molar-refractivity contribution is -0.144. The molecule has 1 amide bonds. The van der Waals surface area contributed by atoms with Gasteiger partial charge in [-0.15, -0.1) is 0 Å². The van der Waals surface area contributed by atoms with Gasteiger partial charge in [0.05, 0.1) is 7.11 Å². The van der Waals surface area contributed by atoms with Gasteiger partial charge in [-0.1, -0.05) is 72.8 Å². The van der Waals surface area contributed by atoms with Crippen molar-refractivity contribution in [3.63, 3.8) is 0 Å². The summed E-state index contributed by atoms with van der Waals surface area (Å²) in [6.07, 6.45) is -0.727. The minimum Gasteiger partial charge on any atom is -0.496 e. The molecule has 0 radical (unpaired) electrons. The minimum atomic E-state index is -1.11. The second kappa shape index (κ2) is 10.4. The lowest BCUT2D eigenvalue weighted by Gasteiger charge is -2.20. The third-order valence-electron chi connectivity index (χ3n) is 5.00. The van der Waals surface area contributed by atoms with Crippen molar-refractivity contribution < 1.29 is 24.2 Å². The number of amides is 1. The van der Waals surface area contributed by atoms with E-state index in [9.17, 15) is 14.7 Å². The smallest absolute Gasteiger partial charge is 0.326 e. The van der Waals surface area contributed by atoms with E-state index in [4.69, 9.17) is 9.47 Å². The molecular formula is C25H25NO5. The molecule has 2 N–H and O–H groups in total. The summed E-state index contributed by atoms with van der Waals surface area (Å²) in [7, 11) is 3.04. The zero-order valence-electron chi connectivity index (χ0n) is 17.4. The molecule has 31 heavy (non-hydrogen) atoms. The van der Waals surface area contributed by atoms with Crippen LogP contribution < -0.4 is 10.1 Å². The molecule has 3 aromatic rings. The summed E-state index contributed by atoms with van der Waals surface area (Å²) in [4.78, 5) is 24.5. The van der Waals surface area contributed by atoms with Crippen LogP contribution in [0.5, 0.6) is 5.75 Å². The molecule has 0 spiro atoms. The fourth-order valence-corrected chi connectivity index (χ4v) is 3.41. The molecule has 3 rings (SSSR count). The molecule has 0 aliphatic heterocycles. The summed E-state index contributed by atoms with van der Waals surface area (Å²) in [5.74, 6) is -0.839. The number of carbonyl (C=O) groups is 2. The lowest BCUT2D eigenvalue weighted by Crippen LogP contribution is -2.44. The van der Waals surface area contributed by atoms with Gasteiger partial charge in [0.15, 0.2) is 6.10 Å². The molecule has 6 heteroatoms. The highest BCUT2D eigenvalue weighted by Crippen LogP contribution is 2.29. The molecule has 3 aromatic carbocycles. The van der Waals surface area contributed by atoms with Gasteiger partial charge in [0, 0.05) is 19.1 Å². The largest absolute Gasteiger partial charge is 0.496 e. The van der Waals surface area contributed by atoms with Crippen molar-refractivity contribution in [1.29, 1.82) is 0 Å². The third kappa shape index (κ3) is 5.49. The highest BCUT2D eigenvalue weighted by atomic mass is 16.5. The van der Waals surface area contributed by atoms with Crippen molar-refractivity contribution in [3.05, 3.63) is 90.0 Å². The van der Waals surface area contributed by atoms with Crippen LogP contribution in [0.4, 0.5) is 0 Å². The van der Waals surface area contributed by atoms with Crippen LogP contribution in [0, 0.1) is 0 Å². The highest BCUT2D eigenvalue weighted by molar-refractivity contribution is 5.87. The monoisotopic (exact) mass is 419 g/mol. The molecular weight excluding hydrogens is 394 g/mol. The molecule has 0 saturated heterocycles. The number of carboxylic acid groups (broad SMARTS) is 1. The molecule has 160 valence electrons. The number of hydrogen-bond acceptors (Lipinski definition) is 4. The molecule has 0 heterocycles.